The lowest BCUT2D eigenvalue weighted by Crippen LogP contribution is -2.39. The summed E-state index contributed by atoms with van der Waals surface area (Å²) in [5, 5.41) is 6.06. The second kappa shape index (κ2) is 4.52. The maximum Gasteiger partial charge on any atom is 0.237 e. The molecule has 2 rings (SSSR count). The number of nitrogens with zero attached hydrogens (tertiary/aromatic N) is 1. The Morgan fingerprint density at radius 1 is 1.79 bits per heavy atom. The van der Waals surface area contributed by atoms with Gasteiger partial charge in [-0.3, -0.25) is 9.78 Å². The second-order valence-electron chi connectivity index (χ2n) is 3.33. The molecule has 5 heteroatoms. The Bertz CT molecular complexity index is 293. The summed E-state index contributed by atoms with van der Waals surface area (Å²) in [6.45, 7) is 1.56. The predicted molar refractivity (Wildman–Crippen MR) is 55.0 cm³/mol. The van der Waals surface area contributed by atoms with Crippen molar-refractivity contribution < 1.29 is 4.79 Å². The second-order valence-corrected chi connectivity index (χ2v) is 4.31. The van der Waals surface area contributed by atoms with Gasteiger partial charge in [-0.2, -0.15) is 0 Å². The number of carbonyl (C=O) groups excluding carboxylic acids is 1. The molecule has 0 aromatic carbocycles. The van der Waals surface area contributed by atoms with Crippen LogP contribution in [0.1, 0.15) is 17.7 Å². The van der Waals surface area contributed by atoms with Crippen LogP contribution in [0.15, 0.2) is 11.7 Å². The molecule has 1 fully saturated rings. The van der Waals surface area contributed by atoms with E-state index in [0.29, 0.717) is 6.54 Å². The Kier molecular flexibility index (Phi) is 3.10. The van der Waals surface area contributed by atoms with Crippen molar-refractivity contribution in [1.82, 2.24) is 15.6 Å². The molecular formula is C9H13N3OS. The summed E-state index contributed by atoms with van der Waals surface area (Å²) >= 11 is 1.56. The molecule has 4 nitrogen and oxygen atoms in total. The van der Waals surface area contributed by atoms with Gasteiger partial charge in [-0.25, -0.2) is 0 Å². The molecule has 0 spiro atoms. The van der Waals surface area contributed by atoms with Gasteiger partial charge in [0, 0.05) is 11.1 Å². The first-order valence-electron chi connectivity index (χ1n) is 4.75. The third-order valence-corrected chi connectivity index (χ3v) is 3.08. The number of hydrogen-bond donors (Lipinski definition) is 2. The molecular weight excluding hydrogens is 198 g/mol. The molecule has 1 saturated heterocycles. The van der Waals surface area contributed by atoms with Gasteiger partial charge >= 0.3 is 0 Å². The molecule has 0 radical (unpaired) electrons. The molecule has 0 saturated carbocycles. The van der Waals surface area contributed by atoms with Crippen LogP contribution in [-0.2, 0) is 11.3 Å². The smallest absolute Gasteiger partial charge is 0.237 e. The average Bonchev–Trinajstić information content (AvgIpc) is 2.87. The highest BCUT2D eigenvalue weighted by molar-refractivity contribution is 7.09. The minimum Gasteiger partial charge on any atom is -0.350 e. The lowest BCUT2D eigenvalue weighted by molar-refractivity contribution is -0.122. The third kappa shape index (κ3) is 2.30. The Morgan fingerprint density at radius 3 is 3.36 bits per heavy atom. The SMILES string of the molecule is O=C(NCc1cncs1)[C@H]1CCCN1. The van der Waals surface area contributed by atoms with Crippen molar-refractivity contribution in [3.8, 4) is 0 Å². The van der Waals surface area contributed by atoms with E-state index in [2.05, 4.69) is 15.6 Å². The third-order valence-electron chi connectivity index (χ3n) is 2.30. The zero-order valence-electron chi connectivity index (χ0n) is 7.82. The number of rotatable bonds is 3. The summed E-state index contributed by atoms with van der Waals surface area (Å²) in [5.74, 6) is 0.107. The van der Waals surface area contributed by atoms with E-state index in [1.165, 1.54) is 0 Å². The maximum atomic E-state index is 11.6. The van der Waals surface area contributed by atoms with Crippen LogP contribution < -0.4 is 10.6 Å². The normalized spacial score (nSPS) is 21.0. The topological polar surface area (TPSA) is 54.0 Å². The van der Waals surface area contributed by atoms with Crippen LogP contribution in [0.2, 0.25) is 0 Å². The fourth-order valence-electron chi connectivity index (χ4n) is 1.54. The molecule has 1 aliphatic rings. The van der Waals surface area contributed by atoms with Crippen molar-refractivity contribution in [3.05, 3.63) is 16.6 Å². The van der Waals surface area contributed by atoms with Crippen molar-refractivity contribution in [2.75, 3.05) is 6.54 Å². The molecule has 1 aromatic rings. The number of carbonyl (C=O) groups is 1. The van der Waals surface area contributed by atoms with Gasteiger partial charge in [-0.05, 0) is 19.4 Å². The zero-order valence-corrected chi connectivity index (χ0v) is 8.64. The van der Waals surface area contributed by atoms with Crippen LogP contribution >= 0.6 is 11.3 Å². The minimum absolute atomic E-state index is 0.0166. The molecule has 1 amide bonds. The fourth-order valence-corrected chi connectivity index (χ4v) is 2.07. The number of amides is 1. The summed E-state index contributed by atoms with van der Waals surface area (Å²) in [6, 6.07) is 0.0166. The highest BCUT2D eigenvalue weighted by Gasteiger charge is 2.21. The van der Waals surface area contributed by atoms with E-state index < -0.39 is 0 Å². The number of thiazole rings is 1. The van der Waals surface area contributed by atoms with E-state index in [0.717, 1.165) is 24.3 Å². The first kappa shape index (κ1) is 9.61. The van der Waals surface area contributed by atoms with Gasteiger partial charge in [-0.15, -0.1) is 11.3 Å². The highest BCUT2D eigenvalue weighted by Crippen LogP contribution is 2.07. The van der Waals surface area contributed by atoms with Gasteiger partial charge in [0.05, 0.1) is 18.1 Å². The average molecular weight is 211 g/mol. The maximum absolute atomic E-state index is 11.6. The molecule has 2 heterocycles. The first-order chi connectivity index (χ1) is 6.86. The van der Waals surface area contributed by atoms with Crippen LogP contribution in [-0.4, -0.2) is 23.5 Å². The van der Waals surface area contributed by atoms with E-state index in [-0.39, 0.29) is 11.9 Å². The lowest BCUT2D eigenvalue weighted by atomic mass is 10.2. The standard InChI is InChI=1S/C9H13N3OS/c13-9(8-2-1-3-11-8)12-5-7-4-10-6-14-7/h4,6,8,11H,1-3,5H2,(H,12,13)/t8-/m1/s1. The summed E-state index contributed by atoms with van der Waals surface area (Å²) < 4.78 is 0. The van der Waals surface area contributed by atoms with E-state index in [1.807, 2.05) is 0 Å². The minimum atomic E-state index is 0.0166. The molecule has 1 aliphatic heterocycles. The quantitative estimate of drug-likeness (QED) is 0.766. The van der Waals surface area contributed by atoms with Crippen LogP contribution in [0.25, 0.3) is 0 Å². The fraction of sp³-hybridized carbons (Fsp3) is 0.556. The summed E-state index contributed by atoms with van der Waals surface area (Å²) in [7, 11) is 0. The summed E-state index contributed by atoms with van der Waals surface area (Å²) in [4.78, 5) is 16.6. The molecule has 2 N–H and O–H groups in total. The van der Waals surface area contributed by atoms with Gasteiger partial charge in [-0.1, -0.05) is 0 Å². The molecule has 1 atom stereocenters. The number of aromatic nitrogens is 1. The Morgan fingerprint density at radius 2 is 2.71 bits per heavy atom. The van der Waals surface area contributed by atoms with Crippen molar-refractivity contribution in [2.45, 2.75) is 25.4 Å². The Balaban J connectivity index is 1.77. The van der Waals surface area contributed by atoms with Gasteiger partial charge < -0.3 is 10.6 Å². The number of hydrogen-bond acceptors (Lipinski definition) is 4. The van der Waals surface area contributed by atoms with E-state index in [9.17, 15) is 4.79 Å². The molecule has 0 bridgehead atoms. The molecule has 0 aliphatic carbocycles. The zero-order chi connectivity index (χ0) is 9.80. The van der Waals surface area contributed by atoms with Crippen molar-refractivity contribution in [1.29, 1.82) is 0 Å². The number of nitrogens with one attached hydrogen (secondary N) is 2. The van der Waals surface area contributed by atoms with Crippen LogP contribution in [0, 0.1) is 0 Å². The van der Waals surface area contributed by atoms with E-state index >= 15 is 0 Å². The van der Waals surface area contributed by atoms with Crippen LogP contribution in [0.5, 0.6) is 0 Å². The first-order valence-corrected chi connectivity index (χ1v) is 5.62. The van der Waals surface area contributed by atoms with Crippen LogP contribution in [0.4, 0.5) is 0 Å². The summed E-state index contributed by atoms with van der Waals surface area (Å²) in [6.07, 6.45) is 3.83. The molecule has 1 aromatic heterocycles. The Labute approximate surface area is 86.7 Å². The van der Waals surface area contributed by atoms with Crippen molar-refractivity contribution in [2.24, 2.45) is 0 Å². The molecule has 76 valence electrons. The van der Waals surface area contributed by atoms with Gasteiger partial charge in [0.15, 0.2) is 0 Å². The predicted octanol–water partition coefficient (Wildman–Crippen LogP) is 0.511. The van der Waals surface area contributed by atoms with Gasteiger partial charge in [0.1, 0.15) is 0 Å². The monoisotopic (exact) mass is 211 g/mol. The summed E-state index contributed by atoms with van der Waals surface area (Å²) in [5.41, 5.74) is 1.77. The highest BCUT2D eigenvalue weighted by atomic mass is 32.1. The largest absolute Gasteiger partial charge is 0.350 e. The van der Waals surface area contributed by atoms with Crippen molar-refractivity contribution >= 4 is 17.2 Å². The van der Waals surface area contributed by atoms with Gasteiger partial charge in [0.2, 0.25) is 5.91 Å². The molecule has 0 unspecified atom stereocenters. The molecule has 14 heavy (non-hydrogen) atoms. The van der Waals surface area contributed by atoms with Gasteiger partial charge in [0.25, 0.3) is 0 Å². The van der Waals surface area contributed by atoms with Crippen LogP contribution in [0.3, 0.4) is 0 Å². The van der Waals surface area contributed by atoms with E-state index in [1.54, 1.807) is 23.0 Å². The van der Waals surface area contributed by atoms with Crippen molar-refractivity contribution in [3.63, 3.8) is 0 Å². The Hall–Kier alpha value is -0.940. The van der Waals surface area contributed by atoms with E-state index in [4.69, 9.17) is 0 Å². The lowest BCUT2D eigenvalue weighted by Gasteiger charge is -2.09.